The number of hydrogen-bond acceptors (Lipinski definition) is 3. The molecule has 1 aliphatic heterocycles. The number of allylic oxidation sites excluding steroid dienone is 5. The zero-order valence-electron chi connectivity index (χ0n) is 14.7. The van der Waals surface area contributed by atoms with Crippen LogP contribution in [0.15, 0.2) is 40.8 Å². The summed E-state index contributed by atoms with van der Waals surface area (Å²) < 4.78 is 5.84. The van der Waals surface area contributed by atoms with Crippen LogP contribution in [0.5, 0.6) is 0 Å². The molecule has 1 fully saturated rings. The molecule has 0 aliphatic carbocycles. The molecule has 1 heterocycles. The van der Waals surface area contributed by atoms with Gasteiger partial charge in [0.15, 0.2) is 0 Å². The zero-order valence-corrected chi connectivity index (χ0v) is 14.7. The maximum absolute atomic E-state index is 5.84. The van der Waals surface area contributed by atoms with E-state index in [1.165, 1.54) is 31.4 Å². The van der Waals surface area contributed by atoms with Crippen molar-refractivity contribution < 1.29 is 4.74 Å². The summed E-state index contributed by atoms with van der Waals surface area (Å²) in [5.74, 6) is 1.21. The topological polar surface area (TPSA) is 24.8 Å². The summed E-state index contributed by atoms with van der Waals surface area (Å²) in [6.07, 6.45) is 11.7. The van der Waals surface area contributed by atoms with Crippen molar-refractivity contribution in [3.63, 3.8) is 0 Å². The summed E-state index contributed by atoms with van der Waals surface area (Å²) in [5.41, 5.74) is 1.17. The summed E-state index contributed by atoms with van der Waals surface area (Å²) in [6.45, 7) is 15.3. The summed E-state index contributed by atoms with van der Waals surface area (Å²) in [4.78, 5) is 6.56. The molecule has 124 valence electrons. The second-order valence-corrected chi connectivity index (χ2v) is 6.18. The highest BCUT2D eigenvalue weighted by atomic mass is 16.5. The Hall–Kier alpha value is -1.35. The first-order chi connectivity index (χ1) is 10.6. The Kier molecular flexibility index (Phi) is 8.83. The lowest BCUT2D eigenvalue weighted by Gasteiger charge is -2.20. The van der Waals surface area contributed by atoms with E-state index < -0.39 is 0 Å². The molecule has 0 spiro atoms. The van der Waals surface area contributed by atoms with Crippen LogP contribution in [0.1, 0.15) is 47.0 Å². The van der Waals surface area contributed by atoms with Crippen molar-refractivity contribution in [2.24, 2.45) is 10.9 Å². The molecule has 0 saturated carbocycles. The van der Waals surface area contributed by atoms with E-state index in [9.17, 15) is 0 Å². The Balaban J connectivity index is 2.45. The molecular formula is C19H32N2O. The quantitative estimate of drug-likeness (QED) is 0.354. The predicted octanol–water partition coefficient (Wildman–Crippen LogP) is 4.58. The van der Waals surface area contributed by atoms with E-state index >= 15 is 0 Å². The van der Waals surface area contributed by atoms with Crippen LogP contribution in [-0.2, 0) is 4.74 Å². The molecule has 0 bridgehead atoms. The SMILES string of the molecule is C=N\C(=C/C=C(C)\C=C\C)OCC1CC(C)N(CCCC)C1. The molecule has 0 aromatic carbocycles. The maximum Gasteiger partial charge on any atom is 0.212 e. The first-order valence-corrected chi connectivity index (χ1v) is 8.45. The van der Waals surface area contributed by atoms with Gasteiger partial charge in [-0.25, -0.2) is 4.99 Å². The van der Waals surface area contributed by atoms with Gasteiger partial charge in [0.05, 0.1) is 6.61 Å². The highest BCUT2D eigenvalue weighted by Crippen LogP contribution is 2.24. The van der Waals surface area contributed by atoms with Crippen molar-refractivity contribution in [2.75, 3.05) is 19.7 Å². The third-order valence-electron chi connectivity index (χ3n) is 4.13. The van der Waals surface area contributed by atoms with Crippen molar-refractivity contribution in [3.05, 3.63) is 35.8 Å². The Morgan fingerprint density at radius 3 is 2.82 bits per heavy atom. The summed E-state index contributed by atoms with van der Waals surface area (Å²) in [7, 11) is 0. The van der Waals surface area contributed by atoms with E-state index in [1.807, 2.05) is 25.2 Å². The normalized spacial score (nSPS) is 24.2. The molecule has 2 atom stereocenters. The van der Waals surface area contributed by atoms with Crippen molar-refractivity contribution in [1.82, 2.24) is 4.90 Å². The van der Waals surface area contributed by atoms with E-state index in [0.29, 0.717) is 17.8 Å². The number of unbranched alkanes of at least 4 members (excludes halogenated alkanes) is 1. The molecule has 0 N–H and O–H groups in total. The fourth-order valence-corrected chi connectivity index (χ4v) is 2.88. The van der Waals surface area contributed by atoms with E-state index in [1.54, 1.807) is 0 Å². The number of nitrogens with zero attached hydrogens (tertiary/aromatic N) is 2. The number of likely N-dealkylation sites (tertiary alicyclic amines) is 1. The molecule has 1 aliphatic rings. The molecule has 3 nitrogen and oxygen atoms in total. The van der Waals surface area contributed by atoms with Crippen LogP contribution in [0.3, 0.4) is 0 Å². The molecule has 3 heteroatoms. The summed E-state index contributed by atoms with van der Waals surface area (Å²) in [5, 5.41) is 0. The van der Waals surface area contributed by atoms with Crippen molar-refractivity contribution in [1.29, 1.82) is 0 Å². The summed E-state index contributed by atoms with van der Waals surface area (Å²) >= 11 is 0. The van der Waals surface area contributed by atoms with E-state index in [0.717, 1.165) is 13.2 Å². The molecule has 0 radical (unpaired) electrons. The third kappa shape index (κ3) is 6.61. The Morgan fingerprint density at radius 2 is 2.18 bits per heavy atom. The van der Waals surface area contributed by atoms with Gasteiger partial charge in [-0.2, -0.15) is 0 Å². The molecule has 0 amide bonds. The molecule has 1 saturated heterocycles. The van der Waals surface area contributed by atoms with Gasteiger partial charge in [0, 0.05) is 24.6 Å². The van der Waals surface area contributed by atoms with Gasteiger partial charge in [0.1, 0.15) is 0 Å². The fraction of sp³-hybridized carbons (Fsp3) is 0.632. The highest BCUT2D eigenvalue weighted by Gasteiger charge is 2.28. The van der Waals surface area contributed by atoms with Crippen molar-refractivity contribution in [3.8, 4) is 0 Å². The molecule has 22 heavy (non-hydrogen) atoms. The van der Waals surface area contributed by atoms with Gasteiger partial charge >= 0.3 is 0 Å². The van der Waals surface area contributed by atoms with Crippen LogP contribution >= 0.6 is 0 Å². The van der Waals surface area contributed by atoms with Gasteiger partial charge < -0.3 is 9.64 Å². The average molecular weight is 304 g/mol. The van der Waals surface area contributed by atoms with Gasteiger partial charge in [0.2, 0.25) is 5.88 Å². The van der Waals surface area contributed by atoms with Crippen LogP contribution < -0.4 is 0 Å². The molecular weight excluding hydrogens is 272 g/mol. The van der Waals surface area contributed by atoms with Crippen LogP contribution in [0, 0.1) is 5.92 Å². The van der Waals surface area contributed by atoms with Crippen LogP contribution in [-0.4, -0.2) is 37.4 Å². The highest BCUT2D eigenvalue weighted by molar-refractivity contribution is 5.29. The molecule has 1 rings (SSSR count). The third-order valence-corrected chi connectivity index (χ3v) is 4.13. The zero-order chi connectivity index (χ0) is 16.4. The number of hydrogen-bond donors (Lipinski definition) is 0. The Labute approximate surface area is 136 Å². The first kappa shape index (κ1) is 18.7. The average Bonchev–Trinajstić information content (AvgIpc) is 2.85. The minimum absolute atomic E-state index is 0.595. The first-order valence-electron chi connectivity index (χ1n) is 8.45. The van der Waals surface area contributed by atoms with Crippen molar-refractivity contribution in [2.45, 2.75) is 53.0 Å². The minimum Gasteiger partial charge on any atom is -0.477 e. The maximum atomic E-state index is 5.84. The van der Waals surface area contributed by atoms with Gasteiger partial charge in [-0.05, 0) is 46.9 Å². The van der Waals surface area contributed by atoms with E-state index in [4.69, 9.17) is 4.74 Å². The van der Waals surface area contributed by atoms with Crippen LogP contribution in [0.25, 0.3) is 0 Å². The van der Waals surface area contributed by atoms with Gasteiger partial charge in [-0.15, -0.1) is 0 Å². The molecule has 0 aromatic heterocycles. The second kappa shape index (κ2) is 10.4. The smallest absolute Gasteiger partial charge is 0.212 e. The lowest BCUT2D eigenvalue weighted by Crippen LogP contribution is -2.28. The fourth-order valence-electron chi connectivity index (χ4n) is 2.88. The largest absolute Gasteiger partial charge is 0.477 e. The predicted molar refractivity (Wildman–Crippen MR) is 96.2 cm³/mol. The Morgan fingerprint density at radius 1 is 1.41 bits per heavy atom. The van der Waals surface area contributed by atoms with Crippen LogP contribution in [0.2, 0.25) is 0 Å². The standard InChI is InChI=1S/C19H32N2O/c1-6-8-12-21-14-18(13-17(21)4)15-22-19(20-5)11-10-16(3)9-7-2/h7,9-11,17-18H,5-6,8,12-15H2,1-4H3/b9-7+,16-10-,19-11+. The number of rotatable bonds is 9. The van der Waals surface area contributed by atoms with Gasteiger partial charge in [-0.3, -0.25) is 0 Å². The second-order valence-electron chi connectivity index (χ2n) is 6.18. The number of ether oxygens (including phenoxy) is 1. The minimum atomic E-state index is 0.595. The lowest BCUT2D eigenvalue weighted by atomic mass is 10.1. The summed E-state index contributed by atoms with van der Waals surface area (Å²) in [6, 6.07) is 0.668. The van der Waals surface area contributed by atoms with E-state index in [2.05, 4.69) is 43.5 Å². The molecule has 0 aromatic rings. The lowest BCUT2D eigenvalue weighted by molar-refractivity contribution is 0.163. The monoisotopic (exact) mass is 304 g/mol. The van der Waals surface area contributed by atoms with E-state index in [-0.39, 0.29) is 0 Å². The van der Waals surface area contributed by atoms with Gasteiger partial charge in [0.25, 0.3) is 0 Å². The number of aliphatic imine (C=N–C) groups is 1. The Bertz CT molecular complexity index is 423. The van der Waals surface area contributed by atoms with Gasteiger partial charge in [-0.1, -0.05) is 37.1 Å². The van der Waals surface area contributed by atoms with Crippen molar-refractivity contribution >= 4 is 6.72 Å². The molecule has 2 unspecified atom stereocenters. The van der Waals surface area contributed by atoms with Crippen LogP contribution in [0.4, 0.5) is 0 Å².